The Labute approximate surface area is 155 Å². The van der Waals surface area contributed by atoms with Crippen LogP contribution in [-0.4, -0.2) is 23.6 Å². The molecule has 7 heteroatoms. The van der Waals surface area contributed by atoms with Crippen molar-refractivity contribution in [3.05, 3.63) is 63.6 Å². The number of aliphatic carboxylic acids is 1. The van der Waals surface area contributed by atoms with E-state index in [0.29, 0.717) is 27.9 Å². The molecule has 132 valence electrons. The molecular weight excluding hydrogens is 365 g/mol. The van der Waals surface area contributed by atoms with E-state index in [1.54, 1.807) is 49.4 Å². The highest BCUT2D eigenvalue weighted by Crippen LogP contribution is 2.19. The lowest BCUT2D eigenvalue weighted by Crippen LogP contribution is -2.22. The van der Waals surface area contributed by atoms with E-state index in [2.05, 4.69) is 5.32 Å². The van der Waals surface area contributed by atoms with Crippen LogP contribution < -0.4 is 10.1 Å². The highest BCUT2D eigenvalue weighted by molar-refractivity contribution is 6.35. The molecule has 2 N–H and O–H groups in total. The summed E-state index contributed by atoms with van der Waals surface area (Å²) < 4.78 is 5.41. The Hall–Kier alpha value is -2.24. The van der Waals surface area contributed by atoms with Crippen molar-refractivity contribution in [3.8, 4) is 5.75 Å². The smallest absolute Gasteiger partial charge is 0.309 e. The van der Waals surface area contributed by atoms with Gasteiger partial charge in [0, 0.05) is 22.2 Å². The molecule has 2 rings (SSSR count). The Bertz CT molecular complexity index is 742. The lowest BCUT2D eigenvalue weighted by Gasteiger charge is -2.10. The van der Waals surface area contributed by atoms with Crippen molar-refractivity contribution in [2.45, 2.75) is 13.5 Å². The summed E-state index contributed by atoms with van der Waals surface area (Å²) in [4.78, 5) is 22.9. The van der Waals surface area contributed by atoms with E-state index in [0.717, 1.165) is 5.56 Å². The number of benzene rings is 2. The largest absolute Gasteiger partial charge is 0.493 e. The molecule has 2 aromatic rings. The van der Waals surface area contributed by atoms with Crippen molar-refractivity contribution >= 4 is 35.1 Å². The third-order valence-electron chi connectivity index (χ3n) is 3.42. The maximum Gasteiger partial charge on any atom is 0.309 e. The summed E-state index contributed by atoms with van der Waals surface area (Å²) in [5.41, 5.74) is 1.26. The van der Waals surface area contributed by atoms with Gasteiger partial charge in [0.1, 0.15) is 12.4 Å². The first kappa shape index (κ1) is 19.1. The zero-order valence-corrected chi connectivity index (χ0v) is 15.0. The van der Waals surface area contributed by atoms with Gasteiger partial charge in [-0.25, -0.2) is 0 Å². The number of hydrogen-bond donors (Lipinski definition) is 2. The van der Waals surface area contributed by atoms with Gasteiger partial charge in [-0.15, -0.1) is 0 Å². The maximum absolute atomic E-state index is 12.1. The van der Waals surface area contributed by atoms with E-state index >= 15 is 0 Å². The number of carbonyl (C=O) groups is 2. The van der Waals surface area contributed by atoms with Crippen LogP contribution in [-0.2, 0) is 11.3 Å². The van der Waals surface area contributed by atoms with Crippen LogP contribution in [0.3, 0.4) is 0 Å². The molecule has 0 aromatic heterocycles. The topological polar surface area (TPSA) is 75.6 Å². The summed E-state index contributed by atoms with van der Waals surface area (Å²) >= 11 is 11.8. The molecular formula is C18H17Cl2NO4. The van der Waals surface area contributed by atoms with Gasteiger partial charge in [0.05, 0.1) is 5.92 Å². The van der Waals surface area contributed by atoms with Gasteiger partial charge < -0.3 is 15.2 Å². The van der Waals surface area contributed by atoms with Crippen molar-refractivity contribution < 1.29 is 19.4 Å². The number of carbonyl (C=O) groups excluding carboxylic acids is 1. The lowest BCUT2D eigenvalue weighted by atomic mass is 10.2. The van der Waals surface area contributed by atoms with Crippen LogP contribution in [0.4, 0.5) is 0 Å². The fourth-order valence-corrected chi connectivity index (χ4v) is 2.49. The summed E-state index contributed by atoms with van der Waals surface area (Å²) in [7, 11) is 0. The first-order valence-corrected chi connectivity index (χ1v) is 8.29. The highest BCUT2D eigenvalue weighted by Gasteiger charge is 2.11. The molecule has 25 heavy (non-hydrogen) atoms. The Morgan fingerprint density at radius 1 is 1.12 bits per heavy atom. The molecule has 0 aliphatic carbocycles. The Balaban J connectivity index is 1.88. The zero-order valence-electron chi connectivity index (χ0n) is 13.5. The van der Waals surface area contributed by atoms with Crippen molar-refractivity contribution in [1.29, 1.82) is 0 Å². The van der Waals surface area contributed by atoms with Crippen LogP contribution in [0.1, 0.15) is 22.8 Å². The summed E-state index contributed by atoms with van der Waals surface area (Å²) in [6, 6.07) is 11.7. The highest BCUT2D eigenvalue weighted by atomic mass is 35.5. The second kappa shape index (κ2) is 8.74. The molecule has 0 aliphatic heterocycles. The minimum Gasteiger partial charge on any atom is -0.493 e. The first-order valence-electron chi connectivity index (χ1n) is 7.54. The average molecular weight is 382 g/mol. The zero-order chi connectivity index (χ0) is 18.4. The molecule has 0 radical (unpaired) electrons. The van der Waals surface area contributed by atoms with Crippen LogP contribution in [0.2, 0.25) is 10.0 Å². The van der Waals surface area contributed by atoms with Gasteiger partial charge in [0.15, 0.2) is 0 Å². The lowest BCUT2D eigenvalue weighted by molar-refractivity contribution is -0.142. The Kier molecular flexibility index (Phi) is 6.67. The van der Waals surface area contributed by atoms with Crippen molar-refractivity contribution in [3.63, 3.8) is 0 Å². The minimum absolute atomic E-state index is 0.0982. The van der Waals surface area contributed by atoms with Gasteiger partial charge >= 0.3 is 5.97 Å². The average Bonchev–Trinajstić information content (AvgIpc) is 2.57. The molecule has 1 atom stereocenters. The number of rotatable bonds is 7. The molecule has 2 aromatic carbocycles. The third kappa shape index (κ3) is 5.96. The quantitative estimate of drug-likeness (QED) is 0.759. The molecule has 5 nitrogen and oxygen atoms in total. The minimum atomic E-state index is -0.902. The summed E-state index contributed by atoms with van der Waals surface area (Å²) in [5.74, 6) is -1.19. The number of hydrogen-bond acceptors (Lipinski definition) is 3. The maximum atomic E-state index is 12.1. The van der Waals surface area contributed by atoms with Gasteiger partial charge in [-0.1, -0.05) is 35.3 Å². The predicted octanol–water partition coefficient (Wildman–Crippen LogP) is 4.02. The van der Waals surface area contributed by atoms with E-state index in [4.69, 9.17) is 33.0 Å². The van der Waals surface area contributed by atoms with Gasteiger partial charge in [0.25, 0.3) is 5.91 Å². The van der Waals surface area contributed by atoms with Crippen LogP contribution in [0.25, 0.3) is 0 Å². The molecule has 0 heterocycles. The third-order valence-corrected chi connectivity index (χ3v) is 3.86. The number of ether oxygens (including phenoxy) is 1. The SMILES string of the molecule is CC(COc1ccc(CNC(=O)c2cc(Cl)cc(Cl)c2)cc1)C(=O)O. The number of amides is 1. The Morgan fingerprint density at radius 2 is 1.72 bits per heavy atom. The number of nitrogens with one attached hydrogen (secondary N) is 1. The van der Waals surface area contributed by atoms with Crippen LogP contribution in [0.15, 0.2) is 42.5 Å². The molecule has 0 aliphatic rings. The molecule has 1 unspecified atom stereocenters. The standard InChI is InChI=1S/C18H17Cl2NO4/c1-11(18(23)24)10-25-16-4-2-12(3-5-16)9-21-17(22)13-6-14(19)8-15(20)7-13/h2-8,11H,9-10H2,1H3,(H,21,22)(H,23,24). The number of halogens is 2. The number of carboxylic acid groups (broad SMARTS) is 1. The molecule has 0 bridgehead atoms. The van der Waals surface area contributed by atoms with Crippen LogP contribution >= 0.6 is 23.2 Å². The monoisotopic (exact) mass is 381 g/mol. The van der Waals surface area contributed by atoms with E-state index in [9.17, 15) is 9.59 Å². The summed E-state index contributed by atoms with van der Waals surface area (Å²) in [5, 5.41) is 12.4. The first-order chi connectivity index (χ1) is 11.8. The fourth-order valence-electron chi connectivity index (χ4n) is 1.97. The predicted molar refractivity (Wildman–Crippen MR) is 96.4 cm³/mol. The van der Waals surface area contributed by atoms with E-state index in [-0.39, 0.29) is 12.5 Å². The normalized spacial score (nSPS) is 11.6. The summed E-state index contributed by atoms with van der Waals surface area (Å²) in [6.45, 7) is 2.00. The summed E-state index contributed by atoms with van der Waals surface area (Å²) in [6.07, 6.45) is 0. The number of carboxylic acids is 1. The molecule has 1 amide bonds. The van der Waals surface area contributed by atoms with Gasteiger partial charge in [-0.3, -0.25) is 9.59 Å². The van der Waals surface area contributed by atoms with E-state index < -0.39 is 11.9 Å². The van der Waals surface area contributed by atoms with Crippen LogP contribution in [0.5, 0.6) is 5.75 Å². The molecule has 0 saturated heterocycles. The van der Waals surface area contributed by atoms with Crippen LogP contribution in [0, 0.1) is 5.92 Å². The fraction of sp³-hybridized carbons (Fsp3) is 0.222. The van der Waals surface area contributed by atoms with Gasteiger partial charge in [-0.05, 0) is 42.8 Å². The van der Waals surface area contributed by atoms with E-state index in [1.165, 1.54) is 0 Å². The second-order valence-electron chi connectivity index (χ2n) is 5.54. The molecule has 0 fully saturated rings. The van der Waals surface area contributed by atoms with Crippen molar-refractivity contribution in [2.24, 2.45) is 5.92 Å². The van der Waals surface area contributed by atoms with Crippen molar-refractivity contribution in [1.82, 2.24) is 5.32 Å². The Morgan fingerprint density at radius 3 is 2.28 bits per heavy atom. The van der Waals surface area contributed by atoms with Gasteiger partial charge in [0.2, 0.25) is 0 Å². The van der Waals surface area contributed by atoms with Gasteiger partial charge in [-0.2, -0.15) is 0 Å². The molecule has 0 saturated carbocycles. The van der Waals surface area contributed by atoms with E-state index in [1.807, 2.05) is 0 Å². The van der Waals surface area contributed by atoms with Crippen molar-refractivity contribution in [2.75, 3.05) is 6.61 Å². The second-order valence-corrected chi connectivity index (χ2v) is 6.41. The molecule has 0 spiro atoms.